The van der Waals surface area contributed by atoms with Gasteiger partial charge in [-0.05, 0) is 50.8 Å². The van der Waals surface area contributed by atoms with Crippen LogP contribution in [0.5, 0.6) is 0 Å². The SMILES string of the molecule is CC(C)(C)[Si](OC/C=C\CO[C@@H]1O[C@@H]2CO[C@@H](c3ccccc3)O[C@H]2[C@H](OCc2ccc(Br)cc2)[C@@H]1OCc1ccc(Br)cc1)(c1ccccc1)c1ccccc1. The van der Waals surface area contributed by atoms with Crippen LogP contribution in [-0.4, -0.2) is 58.8 Å². The highest BCUT2D eigenvalue weighted by Crippen LogP contribution is 2.38. The summed E-state index contributed by atoms with van der Waals surface area (Å²) in [5.74, 6) is 0. The van der Waals surface area contributed by atoms with Crippen LogP contribution in [0.1, 0.15) is 43.8 Å². The van der Waals surface area contributed by atoms with Gasteiger partial charge in [0.2, 0.25) is 0 Å². The minimum atomic E-state index is -2.69. The van der Waals surface area contributed by atoms with Crippen molar-refractivity contribution in [1.82, 2.24) is 0 Å². The Morgan fingerprint density at radius 1 is 0.614 bits per heavy atom. The highest BCUT2D eigenvalue weighted by Gasteiger charge is 2.52. The average Bonchev–Trinajstić information content (AvgIpc) is 3.23. The van der Waals surface area contributed by atoms with Crippen LogP contribution in [0.3, 0.4) is 0 Å². The average molecular weight is 915 g/mol. The Labute approximate surface area is 354 Å². The van der Waals surface area contributed by atoms with Crippen molar-refractivity contribution in [1.29, 1.82) is 0 Å². The van der Waals surface area contributed by atoms with Crippen LogP contribution < -0.4 is 10.4 Å². The van der Waals surface area contributed by atoms with Gasteiger partial charge < -0.3 is 32.8 Å². The van der Waals surface area contributed by atoms with Gasteiger partial charge in [0.1, 0.15) is 24.4 Å². The van der Waals surface area contributed by atoms with E-state index in [0.29, 0.717) is 26.4 Å². The smallest absolute Gasteiger partial charge is 0.261 e. The summed E-state index contributed by atoms with van der Waals surface area (Å²) >= 11 is 7.10. The number of ether oxygens (including phenoxy) is 6. The fourth-order valence-electron chi connectivity index (χ4n) is 7.59. The molecule has 10 heteroatoms. The third-order valence-electron chi connectivity index (χ3n) is 10.4. The van der Waals surface area contributed by atoms with Crippen molar-refractivity contribution in [2.75, 3.05) is 19.8 Å². The number of fused-ring (bicyclic) bond motifs is 1. The second-order valence-corrected chi connectivity index (χ2v) is 21.4. The normalized spacial score (nSPS) is 22.7. The van der Waals surface area contributed by atoms with Crippen molar-refractivity contribution in [3.05, 3.63) is 177 Å². The molecular formula is C47H50Br2O7Si. The lowest BCUT2D eigenvalue weighted by molar-refractivity contribution is -0.371. The van der Waals surface area contributed by atoms with E-state index in [-0.39, 0.29) is 11.6 Å². The molecule has 0 spiro atoms. The molecule has 0 bridgehead atoms. The molecule has 2 saturated heterocycles. The van der Waals surface area contributed by atoms with E-state index in [1.165, 1.54) is 10.4 Å². The summed E-state index contributed by atoms with van der Waals surface area (Å²) < 4.78 is 48.7. The molecule has 0 unspecified atom stereocenters. The first kappa shape index (κ1) is 41.9. The van der Waals surface area contributed by atoms with Crippen LogP contribution in [-0.2, 0) is 46.1 Å². The van der Waals surface area contributed by atoms with Gasteiger partial charge in [0.25, 0.3) is 8.32 Å². The summed E-state index contributed by atoms with van der Waals surface area (Å²) in [6, 6.07) is 47.5. The second-order valence-electron chi connectivity index (χ2n) is 15.3. The molecule has 0 aromatic heterocycles. The molecular weight excluding hydrogens is 864 g/mol. The Bertz CT molecular complexity index is 1950. The molecule has 0 amide bonds. The molecule has 7 nitrogen and oxygen atoms in total. The van der Waals surface area contributed by atoms with Gasteiger partial charge in [-0.15, -0.1) is 0 Å². The maximum Gasteiger partial charge on any atom is 0.261 e. The molecule has 2 aliphatic rings. The Kier molecular flexibility index (Phi) is 14.4. The van der Waals surface area contributed by atoms with E-state index in [2.05, 4.69) is 113 Å². The number of hydrogen-bond acceptors (Lipinski definition) is 7. The lowest BCUT2D eigenvalue weighted by atomic mass is 9.97. The van der Waals surface area contributed by atoms with E-state index in [4.69, 9.17) is 32.8 Å². The topological polar surface area (TPSA) is 64.6 Å². The van der Waals surface area contributed by atoms with Gasteiger partial charge >= 0.3 is 0 Å². The summed E-state index contributed by atoms with van der Waals surface area (Å²) in [4.78, 5) is 0. The number of halogens is 2. The van der Waals surface area contributed by atoms with Crippen LogP contribution in [0.4, 0.5) is 0 Å². The summed E-state index contributed by atoms with van der Waals surface area (Å²) in [7, 11) is -2.69. The van der Waals surface area contributed by atoms with Crippen molar-refractivity contribution >= 4 is 50.6 Å². The fraction of sp³-hybridized carbons (Fsp3) is 0.319. The molecule has 7 rings (SSSR count). The Balaban J connectivity index is 1.11. The molecule has 0 saturated carbocycles. The fourth-order valence-corrected chi connectivity index (χ4v) is 12.6. The molecule has 298 valence electrons. The van der Waals surface area contributed by atoms with Crippen molar-refractivity contribution in [3.63, 3.8) is 0 Å². The van der Waals surface area contributed by atoms with Gasteiger partial charge in [-0.2, -0.15) is 0 Å². The van der Waals surface area contributed by atoms with Gasteiger partial charge in [-0.25, -0.2) is 0 Å². The van der Waals surface area contributed by atoms with Crippen LogP contribution in [0.2, 0.25) is 5.04 Å². The highest BCUT2D eigenvalue weighted by atomic mass is 79.9. The standard InChI is InChI=1S/C47H50Br2O7Si/c1-47(2,3)57(39-17-9-5-10-18-39,40-19-11-6-12-20-40)54-30-14-13-29-50-46-44(52-32-35-23-27-38(49)28-24-35)43(51-31-34-21-25-37(48)26-22-34)42-41(55-46)33-53-45(56-42)36-15-7-4-8-16-36/h4-28,41-46H,29-33H2,1-3H3/b14-13-/t41-,42-,43+,44+,45-,46-/m1/s1. The quantitative estimate of drug-likeness (QED) is 0.0766. The summed E-state index contributed by atoms with van der Waals surface area (Å²) in [6.45, 7) is 8.54. The van der Waals surface area contributed by atoms with Crippen molar-refractivity contribution in [2.24, 2.45) is 0 Å². The predicted octanol–water partition coefficient (Wildman–Crippen LogP) is 9.67. The van der Waals surface area contributed by atoms with Crippen LogP contribution in [0.15, 0.2) is 161 Å². The summed E-state index contributed by atoms with van der Waals surface area (Å²) in [6.07, 6.45) is 0.617. The zero-order valence-electron chi connectivity index (χ0n) is 32.5. The zero-order valence-corrected chi connectivity index (χ0v) is 36.7. The molecule has 0 N–H and O–H groups in total. The predicted molar refractivity (Wildman–Crippen MR) is 233 cm³/mol. The first-order chi connectivity index (χ1) is 27.7. The van der Waals surface area contributed by atoms with E-state index in [0.717, 1.165) is 25.6 Å². The van der Waals surface area contributed by atoms with Gasteiger partial charge in [-0.1, -0.05) is 180 Å². The minimum absolute atomic E-state index is 0.124. The van der Waals surface area contributed by atoms with Crippen molar-refractivity contribution in [2.45, 2.75) is 76.0 Å². The first-order valence-electron chi connectivity index (χ1n) is 19.4. The Hall–Kier alpha value is -3.26. The molecule has 2 aliphatic heterocycles. The second kappa shape index (κ2) is 19.7. The molecule has 6 atom stereocenters. The van der Waals surface area contributed by atoms with Gasteiger partial charge in [0.05, 0.1) is 33.0 Å². The third kappa shape index (κ3) is 10.3. The van der Waals surface area contributed by atoms with Crippen LogP contribution in [0.25, 0.3) is 0 Å². The zero-order chi connectivity index (χ0) is 39.7. The van der Waals surface area contributed by atoms with E-state index >= 15 is 0 Å². The molecule has 0 radical (unpaired) electrons. The Morgan fingerprint density at radius 2 is 1.12 bits per heavy atom. The number of rotatable bonds is 15. The van der Waals surface area contributed by atoms with Gasteiger partial charge in [-0.3, -0.25) is 0 Å². The molecule has 5 aromatic carbocycles. The number of hydrogen-bond donors (Lipinski definition) is 0. The maximum atomic E-state index is 7.07. The molecule has 57 heavy (non-hydrogen) atoms. The van der Waals surface area contributed by atoms with Crippen molar-refractivity contribution < 1.29 is 32.8 Å². The number of benzene rings is 5. The largest absolute Gasteiger partial charge is 0.404 e. The van der Waals surface area contributed by atoms with Gasteiger partial charge in [0, 0.05) is 14.5 Å². The molecule has 2 fully saturated rings. The van der Waals surface area contributed by atoms with Crippen LogP contribution >= 0.6 is 31.9 Å². The van der Waals surface area contributed by atoms with E-state index < -0.39 is 45.3 Å². The molecule has 0 aliphatic carbocycles. The summed E-state index contributed by atoms with van der Waals surface area (Å²) in [5.41, 5.74) is 2.97. The minimum Gasteiger partial charge on any atom is -0.404 e. The van der Waals surface area contributed by atoms with Gasteiger partial charge in [0.15, 0.2) is 12.6 Å². The van der Waals surface area contributed by atoms with Crippen molar-refractivity contribution in [3.8, 4) is 0 Å². The van der Waals surface area contributed by atoms with E-state index in [9.17, 15) is 0 Å². The third-order valence-corrected chi connectivity index (χ3v) is 16.5. The highest BCUT2D eigenvalue weighted by molar-refractivity contribution is 9.10. The maximum absolute atomic E-state index is 7.07. The first-order valence-corrected chi connectivity index (χ1v) is 22.9. The monoisotopic (exact) mass is 912 g/mol. The van der Waals surface area contributed by atoms with E-state index in [1.807, 2.05) is 91.0 Å². The Morgan fingerprint density at radius 3 is 1.67 bits per heavy atom. The molecule has 2 heterocycles. The lowest BCUT2D eigenvalue weighted by Crippen LogP contribution is -2.66. The summed E-state index contributed by atoms with van der Waals surface area (Å²) in [5, 5.41) is 2.36. The van der Waals surface area contributed by atoms with E-state index in [1.54, 1.807) is 0 Å². The van der Waals surface area contributed by atoms with Crippen LogP contribution in [0, 0.1) is 0 Å². The lowest BCUT2D eigenvalue weighted by Gasteiger charge is -2.49. The molecule has 5 aromatic rings.